The third-order valence-corrected chi connectivity index (χ3v) is 2.98. The van der Waals surface area contributed by atoms with Gasteiger partial charge in [-0.2, -0.15) is 5.26 Å². The van der Waals surface area contributed by atoms with Crippen LogP contribution in [0.4, 0.5) is 11.4 Å². The zero-order chi connectivity index (χ0) is 15.3. The molecule has 0 aromatic heterocycles. The Morgan fingerprint density at radius 1 is 1.65 bits per heavy atom. The Labute approximate surface area is 115 Å². The summed E-state index contributed by atoms with van der Waals surface area (Å²) in [4.78, 5) is 23.9. The van der Waals surface area contributed by atoms with E-state index in [1.807, 2.05) is 6.07 Å². The van der Waals surface area contributed by atoms with E-state index in [-0.39, 0.29) is 29.4 Å². The summed E-state index contributed by atoms with van der Waals surface area (Å²) in [5.74, 6) is 4.84. The highest BCUT2D eigenvalue weighted by Gasteiger charge is 2.25. The minimum absolute atomic E-state index is 0.0430. The van der Waals surface area contributed by atoms with E-state index in [0.29, 0.717) is 0 Å². The van der Waals surface area contributed by atoms with Gasteiger partial charge in [-0.25, -0.2) is 0 Å². The monoisotopic (exact) mass is 277 g/mol. The van der Waals surface area contributed by atoms with Gasteiger partial charge in [0.2, 0.25) is 0 Å². The average molecular weight is 277 g/mol. The molecular formula is C12H15N5O3. The number of amides is 1. The number of nitro groups is 1. The molecule has 0 spiro atoms. The second kappa shape index (κ2) is 6.49. The number of carbonyl (C=O) groups is 1. The first kappa shape index (κ1) is 15.4. The molecule has 20 heavy (non-hydrogen) atoms. The van der Waals surface area contributed by atoms with Gasteiger partial charge in [0.05, 0.1) is 23.0 Å². The van der Waals surface area contributed by atoms with E-state index in [1.54, 1.807) is 6.92 Å². The zero-order valence-electron chi connectivity index (χ0n) is 11.2. The van der Waals surface area contributed by atoms with Crippen LogP contribution in [0.3, 0.4) is 0 Å². The van der Waals surface area contributed by atoms with Crippen LogP contribution in [0.5, 0.6) is 0 Å². The van der Waals surface area contributed by atoms with Gasteiger partial charge in [-0.1, -0.05) is 6.07 Å². The second-order valence-corrected chi connectivity index (χ2v) is 4.23. The highest BCUT2D eigenvalue weighted by atomic mass is 16.6. The molecule has 1 amide bonds. The quantitative estimate of drug-likeness (QED) is 0.474. The SMILES string of the molecule is CC(CC#N)N(C)C(=O)c1cccc([N+](=O)[O-])c1NN. The molecular weight excluding hydrogens is 262 g/mol. The van der Waals surface area contributed by atoms with Gasteiger partial charge < -0.3 is 10.3 Å². The van der Waals surface area contributed by atoms with E-state index in [0.717, 1.165) is 0 Å². The van der Waals surface area contributed by atoms with Gasteiger partial charge in [0.25, 0.3) is 11.6 Å². The molecule has 0 radical (unpaired) electrons. The number of benzene rings is 1. The molecule has 1 unspecified atom stereocenters. The van der Waals surface area contributed by atoms with Crippen LogP contribution in [0.15, 0.2) is 18.2 Å². The molecule has 8 heteroatoms. The van der Waals surface area contributed by atoms with Gasteiger partial charge in [-0.3, -0.25) is 20.8 Å². The number of hydrogen-bond acceptors (Lipinski definition) is 6. The van der Waals surface area contributed by atoms with Crippen molar-refractivity contribution >= 4 is 17.3 Å². The van der Waals surface area contributed by atoms with Gasteiger partial charge in [-0.15, -0.1) is 0 Å². The number of para-hydroxylation sites is 1. The van der Waals surface area contributed by atoms with Gasteiger partial charge in [0.15, 0.2) is 0 Å². The molecule has 0 aliphatic heterocycles. The molecule has 0 aliphatic carbocycles. The molecule has 1 rings (SSSR count). The summed E-state index contributed by atoms with van der Waals surface area (Å²) in [5, 5.41) is 19.5. The number of rotatable bonds is 5. The summed E-state index contributed by atoms with van der Waals surface area (Å²) >= 11 is 0. The molecule has 3 N–H and O–H groups in total. The molecule has 0 bridgehead atoms. The number of nitro benzene ring substituents is 1. The number of nitrogens with one attached hydrogen (secondary N) is 1. The normalized spacial score (nSPS) is 11.3. The number of nitriles is 1. The predicted molar refractivity (Wildman–Crippen MR) is 72.7 cm³/mol. The highest BCUT2D eigenvalue weighted by Crippen LogP contribution is 2.28. The Kier molecular flexibility index (Phi) is 5.00. The summed E-state index contributed by atoms with van der Waals surface area (Å²) in [7, 11) is 1.53. The largest absolute Gasteiger partial charge is 0.338 e. The fourth-order valence-electron chi connectivity index (χ4n) is 1.68. The fourth-order valence-corrected chi connectivity index (χ4v) is 1.68. The van der Waals surface area contributed by atoms with Crippen LogP contribution in [-0.4, -0.2) is 28.8 Å². The number of hydrazine groups is 1. The molecule has 0 saturated carbocycles. The average Bonchev–Trinajstić information content (AvgIpc) is 2.44. The van der Waals surface area contributed by atoms with Gasteiger partial charge in [0, 0.05) is 19.2 Å². The summed E-state index contributed by atoms with van der Waals surface area (Å²) < 4.78 is 0. The van der Waals surface area contributed by atoms with Crippen LogP contribution in [-0.2, 0) is 0 Å². The third-order valence-electron chi connectivity index (χ3n) is 2.98. The Morgan fingerprint density at radius 2 is 2.30 bits per heavy atom. The Bertz CT molecular complexity index is 567. The fraction of sp³-hybridized carbons (Fsp3) is 0.333. The van der Waals surface area contributed by atoms with Gasteiger partial charge in [0.1, 0.15) is 5.69 Å². The lowest BCUT2D eigenvalue weighted by molar-refractivity contribution is -0.384. The number of nitrogens with zero attached hydrogens (tertiary/aromatic N) is 3. The second-order valence-electron chi connectivity index (χ2n) is 4.23. The first-order chi connectivity index (χ1) is 9.43. The Balaban J connectivity index is 3.20. The lowest BCUT2D eigenvalue weighted by atomic mass is 10.1. The van der Waals surface area contributed by atoms with E-state index in [9.17, 15) is 14.9 Å². The van der Waals surface area contributed by atoms with E-state index >= 15 is 0 Å². The van der Waals surface area contributed by atoms with Crippen molar-refractivity contribution in [3.8, 4) is 6.07 Å². The van der Waals surface area contributed by atoms with Crippen LogP contribution in [0.2, 0.25) is 0 Å². The molecule has 1 atom stereocenters. The summed E-state index contributed by atoms with van der Waals surface area (Å²) in [6.07, 6.45) is 0.169. The molecule has 0 saturated heterocycles. The maximum atomic E-state index is 12.3. The van der Waals surface area contributed by atoms with Gasteiger partial charge in [-0.05, 0) is 13.0 Å². The highest BCUT2D eigenvalue weighted by molar-refractivity contribution is 6.01. The van der Waals surface area contributed by atoms with Crippen molar-refractivity contribution < 1.29 is 9.72 Å². The zero-order valence-corrected chi connectivity index (χ0v) is 11.2. The first-order valence-electron chi connectivity index (χ1n) is 5.82. The summed E-state index contributed by atoms with van der Waals surface area (Å²) in [6, 6.07) is 5.77. The van der Waals surface area contributed by atoms with E-state index < -0.39 is 10.8 Å². The predicted octanol–water partition coefficient (Wildman–Crippen LogP) is 1.25. The van der Waals surface area contributed by atoms with Crippen LogP contribution in [0.1, 0.15) is 23.7 Å². The number of hydrogen-bond donors (Lipinski definition) is 2. The van der Waals surface area contributed by atoms with Crippen molar-refractivity contribution in [3.05, 3.63) is 33.9 Å². The minimum atomic E-state index is -0.620. The van der Waals surface area contributed by atoms with Crippen molar-refractivity contribution in [3.63, 3.8) is 0 Å². The molecule has 0 heterocycles. The smallest absolute Gasteiger partial charge is 0.294 e. The number of anilines is 1. The van der Waals surface area contributed by atoms with Crippen molar-refractivity contribution in [1.29, 1.82) is 5.26 Å². The van der Waals surface area contributed by atoms with Crippen LogP contribution in [0.25, 0.3) is 0 Å². The van der Waals surface area contributed by atoms with Crippen LogP contribution in [0, 0.1) is 21.4 Å². The van der Waals surface area contributed by atoms with Gasteiger partial charge >= 0.3 is 0 Å². The Morgan fingerprint density at radius 3 is 2.80 bits per heavy atom. The molecule has 1 aromatic carbocycles. The Hall–Kier alpha value is -2.66. The van der Waals surface area contributed by atoms with Crippen molar-refractivity contribution in [1.82, 2.24) is 4.90 Å². The molecule has 1 aromatic rings. The van der Waals surface area contributed by atoms with Crippen molar-refractivity contribution in [2.24, 2.45) is 5.84 Å². The lowest BCUT2D eigenvalue weighted by Crippen LogP contribution is -2.35. The van der Waals surface area contributed by atoms with E-state index in [1.165, 1.54) is 30.1 Å². The third kappa shape index (κ3) is 3.02. The number of nitrogens with two attached hydrogens (primary N) is 1. The standard InChI is InChI=1S/C12H15N5O3/c1-8(6-7-13)16(2)12(18)9-4-3-5-10(17(19)20)11(9)15-14/h3-5,8,15H,6,14H2,1-2H3. The maximum absolute atomic E-state index is 12.3. The van der Waals surface area contributed by atoms with Crippen LogP contribution < -0.4 is 11.3 Å². The summed E-state index contributed by atoms with van der Waals surface area (Å²) in [6.45, 7) is 1.72. The van der Waals surface area contributed by atoms with Crippen molar-refractivity contribution in [2.75, 3.05) is 12.5 Å². The minimum Gasteiger partial charge on any atom is -0.338 e. The lowest BCUT2D eigenvalue weighted by Gasteiger charge is -2.23. The van der Waals surface area contributed by atoms with Crippen LogP contribution >= 0.6 is 0 Å². The maximum Gasteiger partial charge on any atom is 0.294 e. The molecule has 106 valence electrons. The molecule has 8 nitrogen and oxygen atoms in total. The molecule has 0 aliphatic rings. The number of nitrogen functional groups attached to an aromatic ring is 1. The first-order valence-corrected chi connectivity index (χ1v) is 5.82. The molecule has 0 fully saturated rings. The van der Waals surface area contributed by atoms with E-state index in [2.05, 4.69) is 5.43 Å². The van der Waals surface area contributed by atoms with E-state index in [4.69, 9.17) is 11.1 Å². The topological polar surface area (TPSA) is 125 Å². The number of carbonyl (C=O) groups excluding carboxylic acids is 1. The van der Waals surface area contributed by atoms with Crippen molar-refractivity contribution in [2.45, 2.75) is 19.4 Å². The summed E-state index contributed by atoms with van der Waals surface area (Å²) in [5.41, 5.74) is 1.97.